The van der Waals surface area contributed by atoms with Crippen LogP contribution in [0.1, 0.15) is 29.8 Å². The average Bonchev–Trinajstić information content (AvgIpc) is 2.92. The van der Waals surface area contributed by atoms with Gasteiger partial charge in [0.05, 0.1) is 23.6 Å². The maximum absolute atomic E-state index is 13.4. The highest BCUT2D eigenvalue weighted by atomic mass is 32.2. The van der Waals surface area contributed by atoms with Gasteiger partial charge in [0.2, 0.25) is 10.6 Å². The van der Waals surface area contributed by atoms with Crippen molar-refractivity contribution in [2.24, 2.45) is 7.05 Å². The van der Waals surface area contributed by atoms with Crippen LogP contribution < -0.4 is 10.1 Å². The van der Waals surface area contributed by atoms with E-state index in [0.717, 1.165) is 37.9 Å². The number of halogens is 2. The van der Waals surface area contributed by atoms with E-state index in [9.17, 15) is 18.1 Å². The van der Waals surface area contributed by atoms with Gasteiger partial charge in [-0.1, -0.05) is 6.42 Å². The molecule has 0 aliphatic carbocycles. The number of piperidine rings is 1. The summed E-state index contributed by atoms with van der Waals surface area (Å²) in [6.07, 6.45) is 4.57. The highest BCUT2D eigenvalue weighted by Crippen LogP contribution is 2.38. The van der Waals surface area contributed by atoms with Gasteiger partial charge in [0.1, 0.15) is 6.61 Å². The van der Waals surface area contributed by atoms with Crippen molar-refractivity contribution in [1.82, 2.24) is 8.87 Å². The number of amides is 1. The lowest BCUT2D eigenvalue weighted by Gasteiger charge is -2.31. The fraction of sp³-hybridized carbons (Fsp3) is 0.389. The van der Waals surface area contributed by atoms with E-state index < -0.39 is 28.9 Å². The van der Waals surface area contributed by atoms with Gasteiger partial charge in [-0.15, -0.1) is 4.31 Å². The number of carbonyl (C=O) groups excluding carboxylic acids is 1. The summed E-state index contributed by atoms with van der Waals surface area (Å²) in [5.74, 6) is -2.30. The number of aryl methyl sites for hydroxylation is 1. The quantitative estimate of drug-likeness (QED) is 0.794. The standard InChI is InChI=1S/C18H19F2N3O3S/c1-22-9-15-17(26-10-12-4-2-3-7-23(12)27(15)25)16(22)18(24)21-11-5-6-13(19)14(20)8-11/h5-6,8-9,12H,2-4,7,10H2,1H3,(H,21,24). The largest absolute Gasteiger partial charge is 0.593 e. The topological polar surface area (TPSA) is 69.6 Å². The van der Waals surface area contributed by atoms with Crippen LogP contribution in [0.3, 0.4) is 0 Å². The zero-order valence-corrected chi connectivity index (χ0v) is 15.5. The van der Waals surface area contributed by atoms with E-state index in [-0.39, 0.29) is 23.2 Å². The number of hydrogen-bond acceptors (Lipinski definition) is 4. The van der Waals surface area contributed by atoms with Crippen molar-refractivity contribution in [3.63, 3.8) is 0 Å². The van der Waals surface area contributed by atoms with Gasteiger partial charge >= 0.3 is 0 Å². The van der Waals surface area contributed by atoms with E-state index in [1.807, 2.05) is 4.31 Å². The minimum absolute atomic E-state index is 0.0550. The van der Waals surface area contributed by atoms with E-state index in [1.165, 1.54) is 6.07 Å². The summed E-state index contributed by atoms with van der Waals surface area (Å²) in [5.41, 5.74) is 0.323. The Morgan fingerprint density at radius 2 is 2.15 bits per heavy atom. The van der Waals surface area contributed by atoms with Crippen LogP contribution in [0.2, 0.25) is 0 Å². The lowest BCUT2D eigenvalue weighted by Crippen LogP contribution is -2.45. The fourth-order valence-corrected chi connectivity index (χ4v) is 5.08. The molecule has 27 heavy (non-hydrogen) atoms. The predicted octanol–water partition coefficient (Wildman–Crippen LogP) is 2.83. The molecule has 1 saturated heterocycles. The monoisotopic (exact) mass is 395 g/mol. The summed E-state index contributed by atoms with van der Waals surface area (Å²) in [4.78, 5) is 13.2. The molecule has 0 radical (unpaired) electrons. The third kappa shape index (κ3) is 3.30. The van der Waals surface area contributed by atoms with Gasteiger partial charge in [-0.2, -0.15) is 0 Å². The highest BCUT2D eigenvalue weighted by Gasteiger charge is 2.41. The Labute approximate surface area is 158 Å². The number of benzene rings is 1. The van der Waals surface area contributed by atoms with Crippen molar-refractivity contribution in [3.05, 3.63) is 41.7 Å². The Kier molecular flexibility index (Phi) is 4.83. The van der Waals surface area contributed by atoms with Gasteiger partial charge < -0.3 is 19.2 Å². The number of ether oxygens (including phenoxy) is 1. The van der Waals surface area contributed by atoms with Crippen LogP contribution in [0.15, 0.2) is 29.3 Å². The third-order valence-electron chi connectivity index (χ3n) is 4.89. The summed E-state index contributed by atoms with van der Waals surface area (Å²) in [6.45, 7) is 1.08. The first-order valence-corrected chi connectivity index (χ1v) is 9.83. The maximum atomic E-state index is 13.4. The van der Waals surface area contributed by atoms with Gasteiger partial charge in [-0.25, -0.2) is 8.78 Å². The van der Waals surface area contributed by atoms with E-state index >= 15 is 0 Å². The van der Waals surface area contributed by atoms with Crippen molar-refractivity contribution in [3.8, 4) is 5.75 Å². The average molecular weight is 395 g/mol. The van der Waals surface area contributed by atoms with Crippen LogP contribution in [0.4, 0.5) is 14.5 Å². The zero-order chi connectivity index (χ0) is 19.1. The molecule has 4 rings (SSSR count). The summed E-state index contributed by atoms with van der Waals surface area (Å²) in [7, 11) is 1.66. The Balaban J connectivity index is 1.64. The zero-order valence-electron chi connectivity index (χ0n) is 14.7. The van der Waals surface area contributed by atoms with Gasteiger partial charge in [0.15, 0.2) is 17.3 Å². The van der Waals surface area contributed by atoms with E-state index in [4.69, 9.17) is 4.74 Å². The van der Waals surface area contributed by atoms with E-state index in [0.29, 0.717) is 11.5 Å². The van der Waals surface area contributed by atoms with Gasteiger partial charge in [-0.3, -0.25) is 4.79 Å². The molecular formula is C18H19F2N3O3S. The second-order valence-corrected chi connectivity index (χ2v) is 8.12. The van der Waals surface area contributed by atoms with E-state index in [2.05, 4.69) is 5.32 Å². The predicted molar refractivity (Wildman–Crippen MR) is 96.0 cm³/mol. The molecule has 1 amide bonds. The number of aromatic nitrogens is 1. The van der Waals surface area contributed by atoms with Crippen LogP contribution >= 0.6 is 0 Å². The first kappa shape index (κ1) is 18.3. The molecule has 1 aromatic heterocycles. The SMILES string of the molecule is Cn1cc2c(c1C(=O)Nc1ccc(F)c(F)c1)OCC1CCCCN1[S+]2[O-]. The molecule has 1 aromatic carbocycles. The van der Waals surface area contributed by atoms with Crippen LogP contribution in [0.25, 0.3) is 0 Å². The molecule has 0 spiro atoms. The normalized spacial score (nSPS) is 22.4. The maximum Gasteiger partial charge on any atom is 0.276 e. The van der Waals surface area contributed by atoms with Crippen molar-refractivity contribution in [2.45, 2.75) is 30.2 Å². The van der Waals surface area contributed by atoms with Gasteiger partial charge in [-0.05, 0) is 25.0 Å². The van der Waals surface area contributed by atoms with E-state index in [1.54, 1.807) is 17.8 Å². The molecule has 3 heterocycles. The molecule has 9 heteroatoms. The Bertz CT molecular complexity index is 889. The van der Waals surface area contributed by atoms with Crippen LogP contribution in [0, 0.1) is 11.6 Å². The molecule has 0 bridgehead atoms. The molecule has 1 fully saturated rings. The molecule has 2 atom stereocenters. The Morgan fingerprint density at radius 1 is 1.33 bits per heavy atom. The molecule has 2 aliphatic rings. The molecule has 2 unspecified atom stereocenters. The first-order chi connectivity index (χ1) is 13.0. The molecule has 2 aromatic rings. The number of nitrogens with zero attached hydrogens (tertiary/aromatic N) is 2. The van der Waals surface area contributed by atoms with Crippen LogP contribution in [-0.4, -0.2) is 38.5 Å². The number of fused-ring (bicyclic) bond motifs is 2. The smallest absolute Gasteiger partial charge is 0.276 e. The van der Waals surface area contributed by atoms with Gasteiger partial charge in [0.25, 0.3) is 5.91 Å². The number of carbonyl (C=O) groups is 1. The summed E-state index contributed by atoms with van der Waals surface area (Å²) in [5, 5.41) is 2.54. The number of rotatable bonds is 2. The number of nitrogens with one attached hydrogen (secondary N) is 1. The molecule has 0 saturated carbocycles. The molecule has 2 aliphatic heterocycles. The second-order valence-electron chi connectivity index (χ2n) is 6.72. The fourth-order valence-electron chi connectivity index (χ4n) is 3.53. The molecular weight excluding hydrogens is 376 g/mol. The summed E-state index contributed by atoms with van der Waals surface area (Å²) < 4.78 is 48.9. The lowest BCUT2D eigenvalue weighted by molar-refractivity contribution is 0.101. The third-order valence-corrected chi connectivity index (χ3v) is 6.46. The highest BCUT2D eigenvalue weighted by molar-refractivity contribution is 7.89. The van der Waals surface area contributed by atoms with Gasteiger partial charge in [0, 0.05) is 25.3 Å². The number of hydrogen-bond donors (Lipinski definition) is 1. The van der Waals surface area contributed by atoms with Crippen molar-refractivity contribution in [1.29, 1.82) is 0 Å². The molecule has 144 valence electrons. The van der Waals surface area contributed by atoms with Crippen molar-refractivity contribution < 1.29 is 22.9 Å². The Morgan fingerprint density at radius 3 is 2.93 bits per heavy atom. The molecule has 6 nitrogen and oxygen atoms in total. The Hall–Kier alpha value is -2.10. The minimum atomic E-state index is -1.41. The van der Waals surface area contributed by atoms with Crippen molar-refractivity contribution >= 4 is 23.0 Å². The van der Waals surface area contributed by atoms with Crippen LogP contribution in [-0.2, 0) is 18.4 Å². The number of anilines is 1. The minimum Gasteiger partial charge on any atom is -0.593 e. The second kappa shape index (κ2) is 7.14. The van der Waals surface area contributed by atoms with Crippen molar-refractivity contribution in [2.75, 3.05) is 18.5 Å². The summed E-state index contributed by atoms with van der Waals surface area (Å²) in [6, 6.07) is 3.19. The summed E-state index contributed by atoms with van der Waals surface area (Å²) >= 11 is -1.41. The first-order valence-electron chi connectivity index (χ1n) is 8.72. The van der Waals surface area contributed by atoms with Crippen LogP contribution in [0.5, 0.6) is 5.75 Å². The lowest BCUT2D eigenvalue weighted by atomic mass is 10.1. The molecule has 1 N–H and O–H groups in total.